The van der Waals surface area contributed by atoms with Gasteiger partial charge in [-0.1, -0.05) is 17.7 Å². The number of thiazole rings is 1. The number of rotatable bonds is 5. The second-order valence-corrected chi connectivity index (χ2v) is 6.77. The number of carbonyl (C=O) groups is 1. The van der Waals surface area contributed by atoms with Crippen LogP contribution < -0.4 is 11.1 Å². The maximum atomic E-state index is 12.0. The standard InChI is InChI=1S/C14H17N3OS2/c1-9-3-5-12(6-4-9)20-10(2)13(18)16-7-11-8-19-14(15)17-11/h3-6,8,10H,7H2,1-2H3,(H2,15,17)(H,16,18). The Balaban J connectivity index is 1.84. The molecule has 106 valence electrons. The van der Waals surface area contributed by atoms with Crippen molar-refractivity contribution in [3.63, 3.8) is 0 Å². The van der Waals surface area contributed by atoms with Gasteiger partial charge in [0.2, 0.25) is 5.91 Å². The van der Waals surface area contributed by atoms with Crippen molar-refractivity contribution in [2.24, 2.45) is 0 Å². The molecule has 2 aromatic rings. The summed E-state index contributed by atoms with van der Waals surface area (Å²) in [4.78, 5) is 17.2. The zero-order valence-corrected chi connectivity index (χ0v) is 13.1. The fourth-order valence-corrected chi connectivity index (χ4v) is 3.05. The minimum atomic E-state index is -0.145. The maximum absolute atomic E-state index is 12.0. The maximum Gasteiger partial charge on any atom is 0.233 e. The molecule has 0 fully saturated rings. The van der Waals surface area contributed by atoms with Crippen molar-refractivity contribution < 1.29 is 4.79 Å². The number of nitrogens with two attached hydrogens (primary N) is 1. The number of benzene rings is 1. The molecule has 0 saturated heterocycles. The van der Waals surface area contributed by atoms with E-state index < -0.39 is 0 Å². The predicted molar refractivity (Wildman–Crippen MR) is 84.9 cm³/mol. The Morgan fingerprint density at radius 2 is 2.15 bits per heavy atom. The number of hydrogen-bond donors (Lipinski definition) is 2. The van der Waals surface area contributed by atoms with E-state index >= 15 is 0 Å². The van der Waals surface area contributed by atoms with Crippen molar-refractivity contribution in [1.82, 2.24) is 10.3 Å². The molecule has 1 atom stereocenters. The highest BCUT2D eigenvalue weighted by Crippen LogP contribution is 2.23. The lowest BCUT2D eigenvalue weighted by atomic mass is 10.2. The van der Waals surface area contributed by atoms with E-state index in [9.17, 15) is 4.79 Å². The van der Waals surface area contributed by atoms with Gasteiger partial charge in [0.25, 0.3) is 0 Å². The van der Waals surface area contributed by atoms with Crippen LogP contribution in [0.1, 0.15) is 18.2 Å². The number of nitrogen functional groups attached to an aromatic ring is 1. The first kappa shape index (κ1) is 14.9. The minimum Gasteiger partial charge on any atom is -0.375 e. The Hall–Kier alpha value is -1.53. The summed E-state index contributed by atoms with van der Waals surface area (Å²) in [5, 5.41) is 5.11. The van der Waals surface area contributed by atoms with Gasteiger partial charge in [0.1, 0.15) is 0 Å². The van der Waals surface area contributed by atoms with Gasteiger partial charge >= 0.3 is 0 Å². The summed E-state index contributed by atoms with van der Waals surface area (Å²) in [5.41, 5.74) is 7.56. The molecule has 1 aromatic carbocycles. The van der Waals surface area contributed by atoms with E-state index in [1.165, 1.54) is 16.9 Å². The fourth-order valence-electron chi connectivity index (χ4n) is 1.60. The van der Waals surface area contributed by atoms with E-state index in [1.807, 2.05) is 43.5 Å². The molecular weight excluding hydrogens is 290 g/mol. The molecule has 0 aliphatic rings. The number of aryl methyl sites for hydroxylation is 1. The lowest BCUT2D eigenvalue weighted by molar-refractivity contribution is -0.120. The van der Waals surface area contributed by atoms with E-state index in [0.29, 0.717) is 11.7 Å². The Morgan fingerprint density at radius 1 is 1.45 bits per heavy atom. The molecule has 0 bridgehead atoms. The summed E-state index contributed by atoms with van der Waals surface area (Å²) in [6.07, 6.45) is 0. The molecule has 20 heavy (non-hydrogen) atoms. The van der Waals surface area contributed by atoms with Crippen LogP contribution in [-0.2, 0) is 11.3 Å². The number of nitrogens with zero attached hydrogens (tertiary/aromatic N) is 1. The zero-order chi connectivity index (χ0) is 14.5. The molecule has 0 radical (unpaired) electrons. The van der Waals surface area contributed by atoms with Crippen molar-refractivity contribution in [2.75, 3.05) is 5.73 Å². The molecule has 0 aliphatic heterocycles. The van der Waals surface area contributed by atoms with E-state index in [1.54, 1.807) is 11.8 Å². The van der Waals surface area contributed by atoms with Gasteiger partial charge in [-0.2, -0.15) is 0 Å². The molecule has 3 N–H and O–H groups in total. The Labute approximate surface area is 126 Å². The molecule has 0 spiro atoms. The molecule has 2 rings (SSSR count). The second kappa shape index (κ2) is 6.76. The van der Waals surface area contributed by atoms with E-state index in [4.69, 9.17) is 5.73 Å². The van der Waals surface area contributed by atoms with Gasteiger partial charge in [-0.05, 0) is 26.0 Å². The number of thioether (sulfide) groups is 1. The van der Waals surface area contributed by atoms with Crippen molar-refractivity contribution in [2.45, 2.75) is 30.5 Å². The third kappa shape index (κ3) is 4.25. The number of nitrogens with one attached hydrogen (secondary N) is 1. The highest BCUT2D eigenvalue weighted by molar-refractivity contribution is 8.00. The van der Waals surface area contributed by atoms with E-state index in [2.05, 4.69) is 10.3 Å². The van der Waals surface area contributed by atoms with Gasteiger partial charge in [-0.25, -0.2) is 4.98 Å². The average molecular weight is 307 g/mol. The Morgan fingerprint density at radius 3 is 2.75 bits per heavy atom. The smallest absolute Gasteiger partial charge is 0.233 e. The molecule has 6 heteroatoms. The summed E-state index contributed by atoms with van der Waals surface area (Å²) in [6.45, 7) is 4.37. The summed E-state index contributed by atoms with van der Waals surface area (Å²) < 4.78 is 0. The predicted octanol–water partition coefficient (Wildman–Crippen LogP) is 2.83. The summed E-state index contributed by atoms with van der Waals surface area (Å²) in [6, 6.07) is 8.16. The van der Waals surface area contributed by atoms with Crippen molar-refractivity contribution in [1.29, 1.82) is 0 Å². The third-order valence-corrected chi connectivity index (χ3v) is 4.55. The first-order valence-electron chi connectivity index (χ1n) is 6.25. The van der Waals surface area contributed by atoms with Gasteiger partial charge in [-0.15, -0.1) is 23.1 Å². The Kier molecular flexibility index (Phi) is 5.03. The van der Waals surface area contributed by atoms with Crippen molar-refractivity contribution in [3.05, 3.63) is 40.9 Å². The van der Waals surface area contributed by atoms with Crippen LogP contribution in [-0.4, -0.2) is 16.1 Å². The van der Waals surface area contributed by atoms with Gasteiger partial charge in [0.15, 0.2) is 5.13 Å². The fraction of sp³-hybridized carbons (Fsp3) is 0.286. The monoisotopic (exact) mass is 307 g/mol. The van der Waals surface area contributed by atoms with Crippen LogP contribution in [0.15, 0.2) is 34.5 Å². The lowest BCUT2D eigenvalue weighted by Gasteiger charge is -2.11. The summed E-state index contributed by atoms with van der Waals surface area (Å²) in [7, 11) is 0. The quantitative estimate of drug-likeness (QED) is 0.834. The highest BCUT2D eigenvalue weighted by Gasteiger charge is 2.14. The SMILES string of the molecule is Cc1ccc(SC(C)C(=O)NCc2csc(N)n2)cc1. The second-order valence-electron chi connectivity index (χ2n) is 4.47. The first-order chi connectivity index (χ1) is 9.54. The van der Waals surface area contributed by atoms with Crippen molar-refractivity contribution >= 4 is 34.1 Å². The van der Waals surface area contributed by atoms with Crippen LogP contribution in [0.2, 0.25) is 0 Å². The highest BCUT2D eigenvalue weighted by atomic mass is 32.2. The molecule has 1 amide bonds. The normalized spacial score (nSPS) is 12.1. The van der Waals surface area contributed by atoms with Crippen LogP contribution in [0.4, 0.5) is 5.13 Å². The number of aromatic nitrogens is 1. The van der Waals surface area contributed by atoms with E-state index in [0.717, 1.165) is 10.6 Å². The average Bonchev–Trinajstić information content (AvgIpc) is 2.84. The zero-order valence-electron chi connectivity index (χ0n) is 11.4. The molecular formula is C14H17N3OS2. The van der Waals surface area contributed by atoms with Crippen LogP contribution >= 0.6 is 23.1 Å². The first-order valence-corrected chi connectivity index (χ1v) is 8.01. The topological polar surface area (TPSA) is 68.0 Å². The molecule has 0 aliphatic carbocycles. The Bertz CT molecular complexity index is 580. The van der Waals surface area contributed by atoms with E-state index in [-0.39, 0.29) is 11.2 Å². The molecule has 1 unspecified atom stereocenters. The van der Waals surface area contributed by atoms with Crippen molar-refractivity contribution in [3.8, 4) is 0 Å². The summed E-state index contributed by atoms with van der Waals surface area (Å²) >= 11 is 2.92. The van der Waals surface area contributed by atoms with Gasteiger partial charge < -0.3 is 11.1 Å². The van der Waals surface area contributed by atoms with Gasteiger partial charge in [0.05, 0.1) is 17.5 Å². The molecule has 0 saturated carbocycles. The number of carbonyl (C=O) groups excluding carboxylic acids is 1. The number of hydrogen-bond acceptors (Lipinski definition) is 5. The largest absolute Gasteiger partial charge is 0.375 e. The third-order valence-electron chi connectivity index (χ3n) is 2.72. The van der Waals surface area contributed by atoms with Gasteiger partial charge in [-0.3, -0.25) is 4.79 Å². The van der Waals surface area contributed by atoms with Gasteiger partial charge in [0, 0.05) is 10.3 Å². The van der Waals surface area contributed by atoms with Crippen LogP contribution in [0.25, 0.3) is 0 Å². The summed E-state index contributed by atoms with van der Waals surface area (Å²) in [5.74, 6) is 0.00199. The minimum absolute atomic E-state index is 0.00199. The van der Waals surface area contributed by atoms with Crippen LogP contribution in [0.3, 0.4) is 0 Å². The lowest BCUT2D eigenvalue weighted by Crippen LogP contribution is -2.30. The number of anilines is 1. The molecule has 1 heterocycles. The van der Waals surface area contributed by atoms with Crippen LogP contribution in [0, 0.1) is 6.92 Å². The number of amides is 1. The molecule has 1 aromatic heterocycles. The van der Waals surface area contributed by atoms with Crippen LogP contribution in [0.5, 0.6) is 0 Å². The molecule has 4 nitrogen and oxygen atoms in total.